The van der Waals surface area contributed by atoms with Gasteiger partial charge in [0.05, 0.1) is 0 Å². The van der Waals surface area contributed by atoms with E-state index in [0.29, 0.717) is 0 Å². The van der Waals surface area contributed by atoms with Gasteiger partial charge in [-0.3, -0.25) is 15.0 Å². The molecular formula is C4H4N2O2. The fourth-order valence-electron chi connectivity index (χ4n) is 0.341. The molecule has 1 aliphatic rings. The summed E-state index contributed by atoms with van der Waals surface area (Å²) in [6, 6.07) is 0. The third-order valence-electron chi connectivity index (χ3n) is 0.780. The Balaban J connectivity index is 2.48. The van der Waals surface area contributed by atoms with Crippen molar-refractivity contribution in [3.63, 3.8) is 0 Å². The van der Waals surface area contributed by atoms with E-state index >= 15 is 0 Å². The lowest BCUT2D eigenvalue weighted by atomic mass is 10.3. The molecule has 1 amide bonds. The number of hydrogen-bond acceptors (Lipinski definition) is 3. The van der Waals surface area contributed by atoms with Gasteiger partial charge in [-0.25, -0.2) is 5.48 Å². The molecular weight excluding hydrogens is 108 g/mol. The maximum atomic E-state index is 10.3. The largest absolute Gasteiger partial charge is 0.293 e. The van der Waals surface area contributed by atoms with Crippen molar-refractivity contribution in [3.05, 3.63) is 12.3 Å². The molecule has 0 aromatic carbocycles. The fourth-order valence-corrected chi connectivity index (χ4v) is 0.341. The van der Waals surface area contributed by atoms with Crippen molar-refractivity contribution in [3.8, 4) is 0 Å². The quantitative estimate of drug-likeness (QED) is 0.353. The number of rotatable bonds is 1. The number of carbonyl (C=O) groups excluding carboxylic acids is 1. The Labute approximate surface area is 45.5 Å². The van der Waals surface area contributed by atoms with Gasteiger partial charge in [-0.2, -0.15) is 0 Å². The first-order valence-electron chi connectivity index (χ1n) is 2.03. The van der Waals surface area contributed by atoms with E-state index in [4.69, 9.17) is 5.21 Å². The smallest absolute Gasteiger partial charge is 0.288 e. The average Bonchev–Trinajstić information content (AvgIpc) is 1.62. The van der Waals surface area contributed by atoms with Crippen LogP contribution in [0.4, 0.5) is 0 Å². The number of aliphatic imine (C=N–C) groups is 1. The Kier molecular flexibility index (Phi) is 1.09. The summed E-state index contributed by atoms with van der Waals surface area (Å²) < 4.78 is 0. The Bertz CT molecular complexity index is 171. The third kappa shape index (κ3) is 0.607. The van der Waals surface area contributed by atoms with E-state index in [-0.39, 0.29) is 5.71 Å². The molecule has 0 saturated heterocycles. The van der Waals surface area contributed by atoms with Crippen molar-refractivity contribution in [1.82, 2.24) is 5.48 Å². The molecule has 0 unspecified atom stereocenters. The predicted molar refractivity (Wildman–Crippen MR) is 26.5 cm³/mol. The van der Waals surface area contributed by atoms with E-state index in [9.17, 15) is 4.79 Å². The zero-order valence-corrected chi connectivity index (χ0v) is 3.96. The SMILES string of the molecule is O=C(NO)C1=NC=C1. The van der Waals surface area contributed by atoms with Crippen LogP contribution < -0.4 is 5.48 Å². The molecule has 1 heterocycles. The maximum Gasteiger partial charge on any atom is 0.293 e. The monoisotopic (exact) mass is 112 g/mol. The molecule has 0 spiro atoms. The lowest BCUT2D eigenvalue weighted by Crippen LogP contribution is -2.28. The number of nitrogens with one attached hydrogen (secondary N) is 1. The normalized spacial score (nSPS) is 14.4. The first kappa shape index (κ1) is 4.99. The van der Waals surface area contributed by atoms with Crippen LogP contribution in [0.25, 0.3) is 0 Å². The summed E-state index contributed by atoms with van der Waals surface area (Å²) in [6.45, 7) is 0. The van der Waals surface area contributed by atoms with Gasteiger partial charge in [0.25, 0.3) is 5.91 Å². The van der Waals surface area contributed by atoms with Crippen LogP contribution >= 0.6 is 0 Å². The zero-order chi connectivity index (χ0) is 5.98. The average molecular weight is 112 g/mol. The zero-order valence-electron chi connectivity index (χ0n) is 3.96. The van der Waals surface area contributed by atoms with Crippen molar-refractivity contribution in [1.29, 1.82) is 0 Å². The molecule has 0 aliphatic carbocycles. The molecule has 0 aromatic heterocycles. The minimum absolute atomic E-state index is 0.257. The number of nitrogens with zero attached hydrogens (tertiary/aromatic N) is 1. The second-order valence-corrected chi connectivity index (χ2v) is 1.27. The number of amides is 1. The van der Waals surface area contributed by atoms with Gasteiger partial charge >= 0.3 is 0 Å². The van der Waals surface area contributed by atoms with E-state index < -0.39 is 5.91 Å². The molecule has 4 nitrogen and oxygen atoms in total. The van der Waals surface area contributed by atoms with Gasteiger partial charge in [-0.05, 0) is 6.08 Å². The number of hydrogen-bond donors (Lipinski definition) is 2. The second kappa shape index (κ2) is 1.75. The summed E-state index contributed by atoms with van der Waals surface area (Å²) in [5.74, 6) is -0.562. The van der Waals surface area contributed by atoms with Crippen LogP contribution in [0.1, 0.15) is 0 Å². The Morgan fingerprint density at radius 1 is 1.88 bits per heavy atom. The van der Waals surface area contributed by atoms with E-state index in [1.807, 2.05) is 0 Å². The lowest BCUT2D eigenvalue weighted by Gasteiger charge is -2.00. The summed E-state index contributed by atoms with van der Waals surface area (Å²) in [6.07, 6.45) is 2.98. The Hall–Kier alpha value is -1.16. The van der Waals surface area contributed by atoms with Crippen molar-refractivity contribution in [2.75, 3.05) is 0 Å². The number of carbonyl (C=O) groups is 1. The van der Waals surface area contributed by atoms with E-state index in [1.54, 1.807) is 0 Å². The first-order valence-corrected chi connectivity index (χ1v) is 2.03. The van der Waals surface area contributed by atoms with E-state index in [1.165, 1.54) is 17.8 Å². The Morgan fingerprint density at radius 3 is 2.62 bits per heavy atom. The Morgan fingerprint density at radius 2 is 2.50 bits per heavy atom. The van der Waals surface area contributed by atoms with E-state index in [0.717, 1.165) is 0 Å². The maximum absolute atomic E-state index is 10.3. The predicted octanol–water partition coefficient (Wildman–Crippen LogP) is -0.540. The molecule has 0 aromatic rings. The summed E-state index contributed by atoms with van der Waals surface area (Å²) in [5.41, 5.74) is 1.70. The van der Waals surface area contributed by atoms with Gasteiger partial charge in [0.15, 0.2) is 0 Å². The second-order valence-electron chi connectivity index (χ2n) is 1.27. The molecule has 1 rings (SSSR count). The minimum Gasteiger partial charge on any atom is -0.288 e. The van der Waals surface area contributed by atoms with Gasteiger partial charge in [0.2, 0.25) is 0 Å². The molecule has 0 radical (unpaired) electrons. The molecule has 0 atom stereocenters. The van der Waals surface area contributed by atoms with Gasteiger partial charge < -0.3 is 0 Å². The topological polar surface area (TPSA) is 61.7 Å². The fraction of sp³-hybridized carbons (Fsp3) is 0. The minimum atomic E-state index is -0.562. The van der Waals surface area contributed by atoms with Crippen LogP contribution in [0.2, 0.25) is 0 Å². The van der Waals surface area contributed by atoms with Crippen LogP contribution in [-0.2, 0) is 4.79 Å². The third-order valence-corrected chi connectivity index (χ3v) is 0.780. The van der Waals surface area contributed by atoms with Gasteiger partial charge in [0.1, 0.15) is 5.71 Å². The van der Waals surface area contributed by atoms with Crippen LogP contribution in [0.15, 0.2) is 17.3 Å². The van der Waals surface area contributed by atoms with Crippen molar-refractivity contribution in [2.24, 2.45) is 4.99 Å². The highest BCUT2D eigenvalue weighted by Gasteiger charge is 2.08. The van der Waals surface area contributed by atoms with Crippen LogP contribution in [0.3, 0.4) is 0 Å². The first-order chi connectivity index (χ1) is 3.84. The van der Waals surface area contributed by atoms with Crippen LogP contribution in [0.5, 0.6) is 0 Å². The molecule has 0 bridgehead atoms. The lowest BCUT2D eigenvalue weighted by molar-refractivity contribution is -0.122. The molecule has 8 heavy (non-hydrogen) atoms. The molecule has 4 heteroatoms. The van der Waals surface area contributed by atoms with Crippen LogP contribution in [0, 0.1) is 0 Å². The van der Waals surface area contributed by atoms with Crippen molar-refractivity contribution >= 4 is 11.6 Å². The molecule has 0 fully saturated rings. The summed E-state index contributed by atoms with van der Waals surface area (Å²) in [7, 11) is 0. The highest BCUT2D eigenvalue weighted by Crippen LogP contribution is 1.93. The molecule has 2 N–H and O–H groups in total. The highest BCUT2D eigenvalue weighted by atomic mass is 16.5. The summed E-state index contributed by atoms with van der Waals surface area (Å²) in [5, 5.41) is 7.96. The van der Waals surface area contributed by atoms with Gasteiger partial charge in [0, 0.05) is 6.20 Å². The highest BCUT2D eigenvalue weighted by molar-refractivity contribution is 6.44. The molecule has 1 aliphatic heterocycles. The van der Waals surface area contributed by atoms with Crippen molar-refractivity contribution in [2.45, 2.75) is 0 Å². The standard InChI is InChI=1S/C4H4N2O2/c7-4(6-8)3-1-2-5-3/h1-2,8H,(H,6,7). The summed E-state index contributed by atoms with van der Waals surface area (Å²) >= 11 is 0. The van der Waals surface area contributed by atoms with Gasteiger partial charge in [-0.15, -0.1) is 0 Å². The van der Waals surface area contributed by atoms with Gasteiger partial charge in [-0.1, -0.05) is 0 Å². The van der Waals surface area contributed by atoms with Crippen LogP contribution in [-0.4, -0.2) is 16.8 Å². The number of hydroxylamine groups is 1. The summed E-state index contributed by atoms with van der Waals surface area (Å²) in [4.78, 5) is 13.8. The molecule has 42 valence electrons. The van der Waals surface area contributed by atoms with E-state index in [2.05, 4.69) is 4.99 Å². The van der Waals surface area contributed by atoms with Crippen molar-refractivity contribution < 1.29 is 10.0 Å². The molecule has 0 saturated carbocycles.